The molecule has 2 fully saturated rings. The van der Waals surface area contributed by atoms with Crippen LogP contribution in [0.2, 0.25) is 0 Å². The van der Waals surface area contributed by atoms with Crippen LogP contribution in [0.3, 0.4) is 0 Å². The van der Waals surface area contributed by atoms with Crippen molar-refractivity contribution in [2.24, 2.45) is 11.8 Å². The summed E-state index contributed by atoms with van der Waals surface area (Å²) >= 11 is 0. The van der Waals surface area contributed by atoms with Gasteiger partial charge in [0.2, 0.25) is 6.29 Å². The van der Waals surface area contributed by atoms with Crippen molar-refractivity contribution in [1.29, 1.82) is 0 Å². The Bertz CT molecular complexity index is 320. The first-order chi connectivity index (χ1) is 10.6. The maximum Gasteiger partial charge on any atom is 0.309 e. The van der Waals surface area contributed by atoms with E-state index >= 15 is 0 Å². The molecular formula is C17H31NO4. The van der Waals surface area contributed by atoms with Crippen molar-refractivity contribution < 1.29 is 19.1 Å². The van der Waals surface area contributed by atoms with Crippen molar-refractivity contribution in [1.82, 2.24) is 5.32 Å². The third kappa shape index (κ3) is 6.77. The van der Waals surface area contributed by atoms with Gasteiger partial charge in [-0.2, -0.15) is 0 Å². The second-order valence-electron chi connectivity index (χ2n) is 6.06. The van der Waals surface area contributed by atoms with Gasteiger partial charge in [0.05, 0.1) is 12.8 Å². The second-order valence-corrected chi connectivity index (χ2v) is 6.06. The van der Waals surface area contributed by atoms with Crippen molar-refractivity contribution >= 4 is 11.9 Å². The Morgan fingerprint density at radius 1 is 1.00 bits per heavy atom. The van der Waals surface area contributed by atoms with Gasteiger partial charge in [-0.15, -0.1) is 0 Å². The summed E-state index contributed by atoms with van der Waals surface area (Å²) in [4.78, 5) is 22.7. The van der Waals surface area contributed by atoms with Crippen LogP contribution in [0.4, 0.5) is 0 Å². The molecule has 1 atom stereocenters. The van der Waals surface area contributed by atoms with Gasteiger partial charge in [0, 0.05) is 5.92 Å². The van der Waals surface area contributed by atoms with E-state index in [1.807, 2.05) is 6.92 Å². The van der Waals surface area contributed by atoms with Crippen LogP contribution in [0.5, 0.6) is 0 Å². The van der Waals surface area contributed by atoms with Crippen LogP contribution in [-0.2, 0) is 19.1 Å². The normalized spacial score (nSPS) is 22.0. The van der Waals surface area contributed by atoms with Gasteiger partial charge in [-0.1, -0.05) is 40.0 Å². The van der Waals surface area contributed by atoms with Gasteiger partial charge in [0.25, 0.3) is 0 Å². The number of nitrogens with one attached hydrogen (secondary N) is 1. The van der Waals surface area contributed by atoms with Crippen molar-refractivity contribution in [2.75, 3.05) is 13.1 Å². The van der Waals surface area contributed by atoms with Gasteiger partial charge in [0.15, 0.2) is 0 Å². The monoisotopic (exact) mass is 313 g/mol. The van der Waals surface area contributed by atoms with Gasteiger partial charge in [-0.05, 0) is 31.8 Å². The Labute approximate surface area is 134 Å². The number of esters is 2. The van der Waals surface area contributed by atoms with Crippen LogP contribution in [0.15, 0.2) is 0 Å². The van der Waals surface area contributed by atoms with Crippen LogP contribution < -0.4 is 5.32 Å². The highest BCUT2D eigenvalue weighted by Crippen LogP contribution is 2.33. The third-order valence-electron chi connectivity index (χ3n) is 4.35. The van der Waals surface area contributed by atoms with E-state index in [0.717, 1.165) is 25.9 Å². The smallest absolute Gasteiger partial charge is 0.309 e. The van der Waals surface area contributed by atoms with Crippen molar-refractivity contribution in [3.05, 3.63) is 0 Å². The molecule has 0 aromatic rings. The average Bonchev–Trinajstić information content (AvgIpc) is 2.70. The lowest BCUT2D eigenvalue weighted by atomic mass is 9.80. The molecule has 0 aromatic carbocycles. The molecule has 1 N–H and O–H groups in total. The molecular weight excluding hydrogens is 282 g/mol. The van der Waals surface area contributed by atoms with Crippen LogP contribution >= 0.6 is 0 Å². The summed E-state index contributed by atoms with van der Waals surface area (Å²) in [7, 11) is 0. The van der Waals surface area contributed by atoms with E-state index < -0.39 is 6.29 Å². The first kappa shape index (κ1) is 18.9. The fourth-order valence-corrected chi connectivity index (χ4v) is 2.95. The SMILES string of the molecule is CC(C1CCCCC1)C1OC(=O)CCC(=O)O1.CCNCC. The number of rotatable bonds is 4. The van der Waals surface area contributed by atoms with Crippen molar-refractivity contribution in [3.63, 3.8) is 0 Å². The number of carbonyl (C=O) groups excluding carboxylic acids is 2. The molecule has 1 unspecified atom stereocenters. The molecule has 128 valence electrons. The van der Waals surface area contributed by atoms with Crippen LogP contribution in [-0.4, -0.2) is 31.3 Å². The predicted octanol–water partition coefficient (Wildman–Crippen LogP) is 3.02. The molecule has 22 heavy (non-hydrogen) atoms. The highest BCUT2D eigenvalue weighted by molar-refractivity contribution is 5.79. The second kappa shape index (κ2) is 10.6. The number of ether oxygens (including phenoxy) is 2. The third-order valence-corrected chi connectivity index (χ3v) is 4.35. The Balaban J connectivity index is 0.000000422. The number of hydrogen-bond donors (Lipinski definition) is 1. The van der Waals surface area contributed by atoms with E-state index in [-0.39, 0.29) is 30.7 Å². The largest absolute Gasteiger partial charge is 0.425 e. The highest BCUT2D eigenvalue weighted by atomic mass is 16.7. The standard InChI is InChI=1S/C13H20O4.C4H11N/c1-9(10-5-3-2-4-6-10)13-16-11(14)7-8-12(15)17-13;1-3-5-4-2/h9-10,13H,2-8H2,1H3;5H,3-4H2,1-2H3. The summed E-state index contributed by atoms with van der Waals surface area (Å²) in [5.74, 6) is -0.0132. The summed E-state index contributed by atoms with van der Waals surface area (Å²) in [6.07, 6.45) is 5.65. The van der Waals surface area contributed by atoms with Gasteiger partial charge in [-0.25, -0.2) is 0 Å². The van der Waals surface area contributed by atoms with Crippen molar-refractivity contribution in [3.8, 4) is 0 Å². The summed E-state index contributed by atoms with van der Waals surface area (Å²) in [6.45, 7) is 8.41. The molecule has 1 saturated heterocycles. The van der Waals surface area contributed by atoms with Crippen LogP contribution in [0, 0.1) is 11.8 Å². The highest BCUT2D eigenvalue weighted by Gasteiger charge is 2.34. The summed E-state index contributed by atoms with van der Waals surface area (Å²) in [5, 5.41) is 3.11. The minimum atomic E-state index is -0.666. The van der Waals surface area contributed by atoms with Gasteiger partial charge in [-0.3, -0.25) is 9.59 Å². The van der Waals surface area contributed by atoms with E-state index in [9.17, 15) is 9.59 Å². The van der Waals surface area contributed by atoms with Gasteiger partial charge >= 0.3 is 11.9 Å². The zero-order valence-corrected chi connectivity index (χ0v) is 14.2. The molecule has 1 heterocycles. The molecule has 1 aliphatic heterocycles. The lowest BCUT2D eigenvalue weighted by Gasteiger charge is -2.31. The molecule has 2 aliphatic rings. The van der Waals surface area contributed by atoms with E-state index in [1.54, 1.807) is 0 Å². The zero-order valence-electron chi connectivity index (χ0n) is 14.2. The molecule has 0 aromatic heterocycles. The molecule has 0 amide bonds. The van der Waals surface area contributed by atoms with E-state index in [2.05, 4.69) is 19.2 Å². The van der Waals surface area contributed by atoms with E-state index in [0.29, 0.717) is 5.92 Å². The van der Waals surface area contributed by atoms with Crippen molar-refractivity contribution in [2.45, 2.75) is 72.0 Å². The maximum absolute atomic E-state index is 11.4. The molecule has 0 radical (unpaired) electrons. The Morgan fingerprint density at radius 3 is 1.91 bits per heavy atom. The Morgan fingerprint density at radius 2 is 1.50 bits per heavy atom. The number of cyclic esters (lactones) is 2. The molecule has 0 spiro atoms. The fourth-order valence-electron chi connectivity index (χ4n) is 2.95. The summed E-state index contributed by atoms with van der Waals surface area (Å²) in [5.41, 5.74) is 0. The molecule has 2 rings (SSSR count). The lowest BCUT2D eigenvalue weighted by Crippen LogP contribution is -2.33. The minimum absolute atomic E-state index is 0.112. The molecule has 1 saturated carbocycles. The molecule has 5 heteroatoms. The zero-order chi connectivity index (χ0) is 16.4. The first-order valence-corrected chi connectivity index (χ1v) is 8.68. The Kier molecular flexibility index (Phi) is 9.13. The lowest BCUT2D eigenvalue weighted by molar-refractivity contribution is -0.193. The topological polar surface area (TPSA) is 64.6 Å². The predicted molar refractivity (Wildman–Crippen MR) is 85.2 cm³/mol. The van der Waals surface area contributed by atoms with Crippen LogP contribution in [0.1, 0.15) is 65.7 Å². The maximum atomic E-state index is 11.4. The summed E-state index contributed by atoms with van der Waals surface area (Å²) < 4.78 is 10.4. The first-order valence-electron chi connectivity index (χ1n) is 8.68. The van der Waals surface area contributed by atoms with Crippen LogP contribution in [0.25, 0.3) is 0 Å². The molecule has 1 aliphatic carbocycles. The Hall–Kier alpha value is -1.10. The fraction of sp³-hybridized carbons (Fsp3) is 0.882. The number of carbonyl (C=O) groups is 2. The average molecular weight is 313 g/mol. The summed E-state index contributed by atoms with van der Waals surface area (Å²) in [6, 6.07) is 0. The van der Waals surface area contributed by atoms with Gasteiger partial charge in [0.1, 0.15) is 0 Å². The molecule has 5 nitrogen and oxygen atoms in total. The van der Waals surface area contributed by atoms with E-state index in [4.69, 9.17) is 9.47 Å². The minimum Gasteiger partial charge on any atom is -0.425 e. The quantitative estimate of drug-likeness (QED) is 0.808. The molecule has 0 bridgehead atoms. The van der Waals surface area contributed by atoms with Gasteiger partial charge < -0.3 is 14.8 Å². The van der Waals surface area contributed by atoms with E-state index in [1.165, 1.54) is 19.3 Å². The number of hydrogen-bond acceptors (Lipinski definition) is 5.